The summed E-state index contributed by atoms with van der Waals surface area (Å²) in [5.74, 6) is -0.421. The fourth-order valence-corrected chi connectivity index (χ4v) is 5.30. The van der Waals surface area contributed by atoms with Gasteiger partial charge in [-0.15, -0.1) is 0 Å². The second-order valence-electron chi connectivity index (χ2n) is 8.99. The fraction of sp³-hybridized carbons (Fsp3) is 0.481. The van der Waals surface area contributed by atoms with Gasteiger partial charge in [0.1, 0.15) is 6.04 Å². The van der Waals surface area contributed by atoms with Crippen LogP contribution in [-0.4, -0.2) is 50.5 Å². The molecular formula is C27H38ClN3O4S. The van der Waals surface area contributed by atoms with E-state index in [-0.39, 0.29) is 31.3 Å². The number of aryl methyl sites for hydroxylation is 1. The van der Waals surface area contributed by atoms with Crippen molar-refractivity contribution in [1.82, 2.24) is 10.2 Å². The third-order valence-electron chi connectivity index (χ3n) is 6.23. The van der Waals surface area contributed by atoms with Gasteiger partial charge in [0, 0.05) is 31.1 Å². The number of halogens is 1. The van der Waals surface area contributed by atoms with Crippen LogP contribution in [0.3, 0.4) is 0 Å². The Morgan fingerprint density at radius 1 is 1.06 bits per heavy atom. The molecule has 0 fully saturated rings. The number of benzene rings is 2. The highest BCUT2D eigenvalue weighted by molar-refractivity contribution is 7.92. The number of nitrogens with zero attached hydrogens (tertiary/aromatic N) is 2. The molecule has 0 spiro atoms. The van der Waals surface area contributed by atoms with Crippen LogP contribution in [0.2, 0.25) is 5.02 Å². The highest BCUT2D eigenvalue weighted by atomic mass is 35.5. The van der Waals surface area contributed by atoms with E-state index >= 15 is 0 Å². The van der Waals surface area contributed by atoms with E-state index in [2.05, 4.69) is 5.32 Å². The molecule has 2 rings (SSSR count). The van der Waals surface area contributed by atoms with Gasteiger partial charge in [-0.3, -0.25) is 13.9 Å². The lowest BCUT2D eigenvalue weighted by molar-refractivity contribution is -0.141. The van der Waals surface area contributed by atoms with E-state index in [0.29, 0.717) is 30.1 Å². The van der Waals surface area contributed by atoms with Gasteiger partial charge in [-0.2, -0.15) is 0 Å². The second kappa shape index (κ2) is 13.7. The summed E-state index contributed by atoms with van der Waals surface area (Å²) in [7, 11) is -3.55. The molecule has 0 unspecified atom stereocenters. The third-order valence-corrected chi connectivity index (χ3v) is 7.78. The Morgan fingerprint density at radius 3 is 2.36 bits per heavy atom. The predicted octanol–water partition coefficient (Wildman–Crippen LogP) is 4.84. The van der Waals surface area contributed by atoms with E-state index in [1.54, 1.807) is 17.0 Å². The number of anilines is 1. The number of amides is 2. The molecule has 198 valence electrons. The van der Waals surface area contributed by atoms with Crippen LogP contribution < -0.4 is 9.62 Å². The molecule has 0 bridgehead atoms. The molecule has 0 aliphatic carbocycles. The monoisotopic (exact) mass is 535 g/mol. The predicted molar refractivity (Wildman–Crippen MR) is 147 cm³/mol. The number of sulfonamides is 1. The van der Waals surface area contributed by atoms with E-state index in [1.807, 2.05) is 58.0 Å². The highest BCUT2D eigenvalue weighted by Crippen LogP contribution is 2.26. The molecule has 0 heterocycles. The molecule has 36 heavy (non-hydrogen) atoms. The first-order valence-corrected chi connectivity index (χ1v) is 14.6. The van der Waals surface area contributed by atoms with Crippen molar-refractivity contribution in [2.75, 3.05) is 23.7 Å². The zero-order valence-electron chi connectivity index (χ0n) is 21.9. The van der Waals surface area contributed by atoms with E-state index in [1.165, 1.54) is 10.6 Å². The van der Waals surface area contributed by atoms with E-state index < -0.39 is 16.1 Å². The number of nitrogens with one attached hydrogen (secondary N) is 1. The lowest BCUT2D eigenvalue weighted by Crippen LogP contribution is -2.49. The maximum atomic E-state index is 13.5. The molecule has 1 N–H and O–H groups in total. The summed E-state index contributed by atoms with van der Waals surface area (Å²) < 4.78 is 26.5. The SMILES string of the molecule is CCCNC(=O)[C@@H](CC)N(Cc1ccccc1Cl)C(=O)CCCN(c1cccc(C)c1C)S(C)(=O)=O. The summed E-state index contributed by atoms with van der Waals surface area (Å²) in [6, 6.07) is 12.1. The number of hydrogen-bond donors (Lipinski definition) is 1. The molecule has 0 radical (unpaired) electrons. The molecule has 7 nitrogen and oxygen atoms in total. The highest BCUT2D eigenvalue weighted by Gasteiger charge is 2.29. The van der Waals surface area contributed by atoms with Gasteiger partial charge in [0.2, 0.25) is 21.8 Å². The van der Waals surface area contributed by atoms with Crippen LogP contribution >= 0.6 is 11.6 Å². The fourth-order valence-electron chi connectivity index (χ4n) is 4.08. The summed E-state index contributed by atoms with van der Waals surface area (Å²) in [4.78, 5) is 27.9. The van der Waals surface area contributed by atoms with E-state index in [0.717, 1.165) is 23.1 Å². The van der Waals surface area contributed by atoms with Crippen molar-refractivity contribution in [3.63, 3.8) is 0 Å². The van der Waals surface area contributed by atoms with Crippen molar-refractivity contribution < 1.29 is 18.0 Å². The van der Waals surface area contributed by atoms with E-state index in [4.69, 9.17) is 11.6 Å². The average Bonchev–Trinajstić information content (AvgIpc) is 2.82. The summed E-state index contributed by atoms with van der Waals surface area (Å²) in [5, 5.41) is 3.42. The van der Waals surface area contributed by atoms with E-state index in [9.17, 15) is 18.0 Å². The Balaban J connectivity index is 2.25. The Kier molecular flexibility index (Phi) is 11.2. The van der Waals surface area contributed by atoms with Gasteiger partial charge in [0.05, 0.1) is 11.9 Å². The van der Waals surface area contributed by atoms with Crippen LogP contribution in [0.4, 0.5) is 5.69 Å². The summed E-state index contributed by atoms with van der Waals surface area (Å²) in [6.45, 7) is 8.55. The quantitative estimate of drug-likeness (QED) is 0.398. The Morgan fingerprint density at radius 2 is 1.75 bits per heavy atom. The molecule has 9 heteroatoms. The van der Waals surface area contributed by atoms with Crippen LogP contribution in [0.5, 0.6) is 0 Å². The molecule has 0 aromatic heterocycles. The minimum absolute atomic E-state index is 0.0961. The van der Waals surface area contributed by atoms with Crippen molar-refractivity contribution in [2.45, 2.75) is 66.0 Å². The topological polar surface area (TPSA) is 86.8 Å². The number of hydrogen-bond acceptors (Lipinski definition) is 4. The maximum Gasteiger partial charge on any atom is 0.242 e. The standard InChI is InChI=1S/C27H38ClN3O4S/c1-6-17-29-27(33)24(7-2)30(19-22-13-8-9-14-23(22)28)26(32)16-11-18-31(36(5,34)35)25-15-10-12-20(3)21(25)4/h8-10,12-15,24H,6-7,11,16-19H2,1-5H3,(H,29,33)/t24-/m1/s1. The first-order valence-electron chi connectivity index (χ1n) is 12.4. The molecular weight excluding hydrogens is 498 g/mol. The molecule has 0 saturated heterocycles. The zero-order chi connectivity index (χ0) is 26.9. The summed E-state index contributed by atoms with van der Waals surface area (Å²) >= 11 is 6.36. The van der Waals surface area contributed by atoms with Gasteiger partial charge in [0.25, 0.3) is 0 Å². The molecule has 0 saturated carbocycles. The van der Waals surface area contributed by atoms with Crippen LogP contribution in [-0.2, 0) is 26.2 Å². The van der Waals surface area contributed by atoms with Gasteiger partial charge in [-0.05, 0) is 61.9 Å². The largest absolute Gasteiger partial charge is 0.354 e. The van der Waals surface area contributed by atoms with Crippen LogP contribution in [0.25, 0.3) is 0 Å². The molecule has 0 aliphatic rings. The maximum absolute atomic E-state index is 13.5. The number of carbonyl (C=O) groups excluding carboxylic acids is 2. The molecule has 2 aromatic rings. The normalized spacial score (nSPS) is 12.2. The Labute approximate surface area is 220 Å². The second-order valence-corrected chi connectivity index (χ2v) is 11.3. The van der Waals surface area contributed by atoms with Gasteiger partial charge in [-0.25, -0.2) is 8.42 Å². The van der Waals surface area contributed by atoms with Gasteiger partial charge in [-0.1, -0.05) is 55.8 Å². The third kappa shape index (κ3) is 7.96. The Bertz CT molecular complexity index is 1150. The lowest BCUT2D eigenvalue weighted by atomic mass is 10.1. The first-order chi connectivity index (χ1) is 17.0. The molecule has 2 amide bonds. The van der Waals surface area contributed by atoms with Crippen molar-refractivity contribution >= 4 is 39.1 Å². The van der Waals surface area contributed by atoms with Crippen molar-refractivity contribution in [3.05, 3.63) is 64.2 Å². The number of carbonyl (C=O) groups is 2. The first kappa shape index (κ1) is 29.6. The zero-order valence-corrected chi connectivity index (χ0v) is 23.5. The molecule has 2 aromatic carbocycles. The van der Waals surface area contributed by atoms with Crippen molar-refractivity contribution in [1.29, 1.82) is 0 Å². The molecule has 0 aliphatic heterocycles. The van der Waals surface area contributed by atoms with Crippen molar-refractivity contribution in [3.8, 4) is 0 Å². The van der Waals surface area contributed by atoms with Crippen LogP contribution in [0.1, 0.15) is 56.2 Å². The van der Waals surface area contributed by atoms with Crippen molar-refractivity contribution in [2.24, 2.45) is 0 Å². The van der Waals surface area contributed by atoms with Crippen LogP contribution in [0, 0.1) is 13.8 Å². The lowest BCUT2D eigenvalue weighted by Gasteiger charge is -2.31. The average molecular weight is 536 g/mol. The minimum Gasteiger partial charge on any atom is -0.354 e. The molecule has 1 atom stereocenters. The number of rotatable bonds is 13. The van der Waals surface area contributed by atoms with Gasteiger partial charge >= 0.3 is 0 Å². The summed E-state index contributed by atoms with van der Waals surface area (Å²) in [6.07, 6.45) is 2.82. The summed E-state index contributed by atoms with van der Waals surface area (Å²) in [5.41, 5.74) is 3.24. The van der Waals surface area contributed by atoms with Gasteiger partial charge in [0.15, 0.2) is 0 Å². The smallest absolute Gasteiger partial charge is 0.242 e. The van der Waals surface area contributed by atoms with Crippen LogP contribution in [0.15, 0.2) is 42.5 Å². The minimum atomic E-state index is -3.55. The van der Waals surface area contributed by atoms with Gasteiger partial charge < -0.3 is 10.2 Å². The Hall–Kier alpha value is -2.58.